The van der Waals surface area contributed by atoms with Crippen molar-refractivity contribution in [3.05, 3.63) is 66.5 Å². The molecular formula is C19H17FN2OS. The Labute approximate surface area is 144 Å². The number of fused-ring (bicyclic) bond motifs is 1. The van der Waals surface area contributed by atoms with Crippen LogP contribution in [0.1, 0.15) is 13.3 Å². The van der Waals surface area contributed by atoms with Crippen molar-refractivity contribution in [2.75, 3.05) is 5.32 Å². The number of anilines is 1. The summed E-state index contributed by atoms with van der Waals surface area (Å²) in [5, 5.41) is 4.16. The van der Waals surface area contributed by atoms with E-state index in [-0.39, 0.29) is 16.8 Å². The third-order valence-corrected chi connectivity index (χ3v) is 4.93. The second-order valence-electron chi connectivity index (χ2n) is 5.33. The Morgan fingerprint density at radius 3 is 2.67 bits per heavy atom. The smallest absolute Gasteiger partial charge is 0.237 e. The number of carbonyl (C=O) groups is 1. The number of halogens is 1. The zero-order valence-electron chi connectivity index (χ0n) is 13.2. The van der Waals surface area contributed by atoms with E-state index in [0.29, 0.717) is 6.42 Å². The summed E-state index contributed by atoms with van der Waals surface area (Å²) in [6.45, 7) is 1.93. The summed E-state index contributed by atoms with van der Waals surface area (Å²) in [4.78, 5) is 17.0. The van der Waals surface area contributed by atoms with Crippen LogP contribution in [-0.4, -0.2) is 16.1 Å². The molecule has 24 heavy (non-hydrogen) atoms. The van der Waals surface area contributed by atoms with Crippen LogP contribution in [0.25, 0.3) is 10.9 Å². The van der Waals surface area contributed by atoms with E-state index in [1.165, 1.54) is 17.8 Å². The van der Waals surface area contributed by atoms with Crippen molar-refractivity contribution in [1.82, 2.24) is 4.98 Å². The van der Waals surface area contributed by atoms with Gasteiger partial charge in [-0.2, -0.15) is 0 Å². The number of aromatic nitrogens is 1. The lowest BCUT2D eigenvalue weighted by atomic mass is 10.2. The van der Waals surface area contributed by atoms with Crippen molar-refractivity contribution in [3.8, 4) is 0 Å². The fourth-order valence-electron chi connectivity index (χ4n) is 2.36. The summed E-state index contributed by atoms with van der Waals surface area (Å²) in [7, 11) is 0. The number of hydrogen-bond donors (Lipinski definition) is 1. The standard InChI is InChI=1S/C19H17FN2OS/c1-2-17(19(23)22-16-10-6-4-8-14(16)20)24-18-12-11-13-7-3-5-9-15(13)21-18/h3-12,17H,2H2,1H3,(H,22,23)/t17-/m1/s1. The first-order valence-corrected chi connectivity index (χ1v) is 8.63. The van der Waals surface area contributed by atoms with Crippen molar-refractivity contribution in [2.45, 2.75) is 23.6 Å². The van der Waals surface area contributed by atoms with Gasteiger partial charge in [0.2, 0.25) is 5.91 Å². The fraction of sp³-hybridized carbons (Fsp3) is 0.158. The van der Waals surface area contributed by atoms with E-state index in [4.69, 9.17) is 0 Å². The number of nitrogens with zero attached hydrogens (tertiary/aromatic N) is 1. The maximum Gasteiger partial charge on any atom is 0.237 e. The molecule has 0 aliphatic rings. The van der Waals surface area contributed by atoms with Gasteiger partial charge < -0.3 is 5.32 Å². The summed E-state index contributed by atoms with van der Waals surface area (Å²) in [6.07, 6.45) is 0.624. The Morgan fingerprint density at radius 1 is 1.12 bits per heavy atom. The SMILES string of the molecule is CC[C@@H](Sc1ccc2ccccc2n1)C(=O)Nc1ccccc1F. The van der Waals surface area contributed by atoms with E-state index in [0.717, 1.165) is 15.9 Å². The molecule has 1 atom stereocenters. The van der Waals surface area contributed by atoms with Crippen molar-refractivity contribution in [2.24, 2.45) is 0 Å². The number of thioether (sulfide) groups is 1. The first-order chi connectivity index (χ1) is 11.7. The molecule has 122 valence electrons. The number of pyridine rings is 1. The number of nitrogens with one attached hydrogen (secondary N) is 1. The van der Waals surface area contributed by atoms with Gasteiger partial charge in [-0.1, -0.05) is 55.1 Å². The van der Waals surface area contributed by atoms with E-state index < -0.39 is 5.82 Å². The van der Waals surface area contributed by atoms with E-state index >= 15 is 0 Å². The quantitative estimate of drug-likeness (QED) is 0.673. The van der Waals surface area contributed by atoms with Crippen LogP contribution in [-0.2, 0) is 4.79 Å². The molecule has 3 aromatic rings. The molecule has 1 amide bonds. The first kappa shape index (κ1) is 16.5. The number of benzene rings is 2. The molecule has 0 saturated heterocycles. The van der Waals surface area contributed by atoms with Crippen LogP contribution in [0.15, 0.2) is 65.7 Å². The Morgan fingerprint density at radius 2 is 1.88 bits per heavy atom. The van der Waals surface area contributed by atoms with Gasteiger partial charge in [-0.05, 0) is 30.7 Å². The van der Waals surface area contributed by atoms with Crippen LogP contribution < -0.4 is 5.32 Å². The summed E-state index contributed by atoms with van der Waals surface area (Å²) in [5.74, 6) is -0.655. The van der Waals surface area contributed by atoms with E-state index in [2.05, 4.69) is 10.3 Å². The average molecular weight is 340 g/mol. The van der Waals surface area contributed by atoms with Gasteiger partial charge in [0.25, 0.3) is 0 Å². The molecule has 0 aliphatic carbocycles. The Bertz CT molecular complexity index is 869. The monoisotopic (exact) mass is 340 g/mol. The first-order valence-electron chi connectivity index (χ1n) is 7.75. The lowest BCUT2D eigenvalue weighted by Gasteiger charge is -2.15. The Balaban J connectivity index is 1.75. The molecule has 0 saturated carbocycles. The summed E-state index contributed by atoms with van der Waals surface area (Å²) in [6, 6.07) is 17.9. The number of rotatable bonds is 5. The highest BCUT2D eigenvalue weighted by Gasteiger charge is 2.19. The van der Waals surface area contributed by atoms with Gasteiger partial charge in [-0.3, -0.25) is 4.79 Å². The minimum atomic E-state index is -0.436. The minimum absolute atomic E-state index is 0.202. The Kier molecular flexibility index (Phi) is 5.11. The zero-order chi connectivity index (χ0) is 16.9. The lowest BCUT2D eigenvalue weighted by Crippen LogP contribution is -2.25. The molecule has 0 radical (unpaired) electrons. The van der Waals surface area contributed by atoms with Gasteiger partial charge in [0, 0.05) is 5.39 Å². The molecule has 2 aromatic carbocycles. The van der Waals surface area contributed by atoms with Crippen molar-refractivity contribution < 1.29 is 9.18 Å². The molecule has 1 aromatic heterocycles. The van der Waals surface area contributed by atoms with Gasteiger partial charge in [-0.15, -0.1) is 0 Å². The largest absolute Gasteiger partial charge is 0.323 e. The predicted molar refractivity (Wildman–Crippen MR) is 96.7 cm³/mol. The van der Waals surface area contributed by atoms with Crippen LogP contribution in [0, 0.1) is 5.82 Å². The van der Waals surface area contributed by atoms with Gasteiger partial charge >= 0.3 is 0 Å². The maximum absolute atomic E-state index is 13.7. The lowest BCUT2D eigenvalue weighted by molar-refractivity contribution is -0.115. The molecule has 0 unspecified atom stereocenters. The molecule has 3 rings (SSSR count). The predicted octanol–water partition coefficient (Wildman–Crippen LogP) is 4.88. The number of hydrogen-bond acceptors (Lipinski definition) is 3. The van der Waals surface area contributed by atoms with E-state index in [1.807, 2.05) is 43.3 Å². The summed E-state index contributed by atoms with van der Waals surface area (Å²) < 4.78 is 13.7. The van der Waals surface area contributed by atoms with Crippen LogP contribution in [0.2, 0.25) is 0 Å². The summed E-state index contributed by atoms with van der Waals surface area (Å²) >= 11 is 1.39. The van der Waals surface area contributed by atoms with Crippen LogP contribution in [0.5, 0.6) is 0 Å². The van der Waals surface area contributed by atoms with Crippen molar-refractivity contribution >= 4 is 34.3 Å². The van der Waals surface area contributed by atoms with Crippen molar-refractivity contribution in [1.29, 1.82) is 0 Å². The molecule has 0 spiro atoms. The highest BCUT2D eigenvalue weighted by atomic mass is 32.2. The maximum atomic E-state index is 13.7. The topological polar surface area (TPSA) is 42.0 Å². The van der Waals surface area contributed by atoms with Crippen LogP contribution >= 0.6 is 11.8 Å². The molecular weight excluding hydrogens is 323 g/mol. The molecule has 0 bridgehead atoms. The second kappa shape index (κ2) is 7.45. The van der Waals surface area contributed by atoms with Crippen LogP contribution in [0.3, 0.4) is 0 Å². The molecule has 1 N–H and O–H groups in total. The van der Waals surface area contributed by atoms with Gasteiger partial charge in [-0.25, -0.2) is 9.37 Å². The Hall–Kier alpha value is -2.40. The number of carbonyl (C=O) groups excluding carboxylic acids is 1. The number of para-hydroxylation sites is 2. The fourth-order valence-corrected chi connectivity index (χ4v) is 3.28. The second-order valence-corrected chi connectivity index (χ2v) is 6.55. The third kappa shape index (κ3) is 3.74. The van der Waals surface area contributed by atoms with Crippen molar-refractivity contribution in [3.63, 3.8) is 0 Å². The molecule has 1 heterocycles. The van der Waals surface area contributed by atoms with E-state index in [1.54, 1.807) is 18.2 Å². The minimum Gasteiger partial charge on any atom is -0.323 e. The van der Waals surface area contributed by atoms with Gasteiger partial charge in [0.1, 0.15) is 5.82 Å². The van der Waals surface area contributed by atoms with Gasteiger partial charge in [0.05, 0.1) is 21.5 Å². The third-order valence-electron chi connectivity index (χ3n) is 3.63. The normalized spacial score (nSPS) is 12.1. The molecule has 3 nitrogen and oxygen atoms in total. The number of amides is 1. The molecule has 0 aliphatic heterocycles. The van der Waals surface area contributed by atoms with Crippen LogP contribution in [0.4, 0.5) is 10.1 Å². The van der Waals surface area contributed by atoms with Gasteiger partial charge in [0.15, 0.2) is 0 Å². The highest BCUT2D eigenvalue weighted by Crippen LogP contribution is 2.27. The summed E-state index contributed by atoms with van der Waals surface area (Å²) in [5.41, 5.74) is 1.10. The molecule has 5 heteroatoms. The average Bonchev–Trinajstić information content (AvgIpc) is 2.61. The molecule has 0 fully saturated rings. The van der Waals surface area contributed by atoms with E-state index in [9.17, 15) is 9.18 Å². The zero-order valence-corrected chi connectivity index (χ0v) is 14.0. The highest BCUT2D eigenvalue weighted by molar-refractivity contribution is 8.00.